The van der Waals surface area contributed by atoms with E-state index >= 15 is 0 Å². The van der Waals surface area contributed by atoms with Crippen molar-refractivity contribution in [3.63, 3.8) is 0 Å². The van der Waals surface area contributed by atoms with Crippen LogP contribution >= 0.6 is 0 Å². The van der Waals surface area contributed by atoms with Gasteiger partial charge in [-0.3, -0.25) is 5.10 Å². The second kappa shape index (κ2) is 7.31. The SMILES string of the molecule is CC(C)c1cc(Nc2nc(N3CC[C@@H]([N+]4(N)CCC4)C3C=O)nc3c2CCC3)n[nH]1. The lowest BCUT2D eigenvalue weighted by Crippen LogP contribution is -2.71. The number of H-pyrrole nitrogens is 1. The third-order valence-electron chi connectivity index (χ3n) is 7.01. The van der Waals surface area contributed by atoms with Crippen LogP contribution in [0.5, 0.6) is 0 Å². The smallest absolute Gasteiger partial charge is 0.228 e. The highest BCUT2D eigenvalue weighted by molar-refractivity contribution is 5.68. The van der Waals surface area contributed by atoms with Gasteiger partial charge in [-0.15, -0.1) is 0 Å². The highest BCUT2D eigenvalue weighted by atomic mass is 16.1. The maximum absolute atomic E-state index is 12.1. The molecule has 9 nitrogen and oxygen atoms in total. The fraction of sp³-hybridized carbons (Fsp3) is 0.619. The summed E-state index contributed by atoms with van der Waals surface area (Å²) in [6.07, 6.45) is 6.03. The zero-order valence-corrected chi connectivity index (χ0v) is 17.8. The molecule has 160 valence electrons. The van der Waals surface area contributed by atoms with Gasteiger partial charge < -0.3 is 15.0 Å². The number of nitrogens with zero attached hydrogens (tertiary/aromatic N) is 5. The first kappa shape index (κ1) is 19.4. The third-order valence-corrected chi connectivity index (χ3v) is 7.01. The van der Waals surface area contributed by atoms with Crippen molar-refractivity contribution in [2.24, 2.45) is 5.84 Å². The van der Waals surface area contributed by atoms with E-state index in [-0.39, 0.29) is 12.1 Å². The van der Waals surface area contributed by atoms with Gasteiger partial charge >= 0.3 is 0 Å². The normalized spacial score (nSPS) is 24.7. The zero-order chi connectivity index (χ0) is 20.9. The van der Waals surface area contributed by atoms with Crippen LogP contribution in [0, 0.1) is 0 Å². The van der Waals surface area contributed by atoms with Crippen LogP contribution < -0.4 is 16.1 Å². The summed E-state index contributed by atoms with van der Waals surface area (Å²) in [6, 6.07) is 1.87. The summed E-state index contributed by atoms with van der Waals surface area (Å²) >= 11 is 0. The molecule has 4 heterocycles. The number of quaternary nitrogens is 1. The fourth-order valence-corrected chi connectivity index (χ4v) is 5.08. The van der Waals surface area contributed by atoms with E-state index in [9.17, 15) is 4.79 Å². The lowest BCUT2D eigenvalue weighted by Gasteiger charge is -2.46. The number of carbonyl (C=O) groups is 1. The highest BCUT2D eigenvalue weighted by Gasteiger charge is 2.51. The highest BCUT2D eigenvalue weighted by Crippen LogP contribution is 2.35. The number of hydrogen-bond acceptors (Lipinski definition) is 7. The first-order valence-electron chi connectivity index (χ1n) is 11.1. The van der Waals surface area contributed by atoms with Crippen LogP contribution in [0.25, 0.3) is 0 Å². The van der Waals surface area contributed by atoms with E-state index in [1.54, 1.807) is 0 Å². The van der Waals surface area contributed by atoms with E-state index in [1.807, 2.05) is 6.07 Å². The maximum Gasteiger partial charge on any atom is 0.228 e. The zero-order valence-electron chi connectivity index (χ0n) is 17.8. The van der Waals surface area contributed by atoms with E-state index < -0.39 is 0 Å². The largest absolute Gasteiger partial charge is 0.325 e. The molecule has 0 bridgehead atoms. The number of rotatable bonds is 6. The Hall–Kier alpha value is -2.52. The number of fused-ring (bicyclic) bond motifs is 1. The molecule has 2 fully saturated rings. The van der Waals surface area contributed by atoms with E-state index in [0.717, 1.165) is 86.6 Å². The van der Waals surface area contributed by atoms with Crippen molar-refractivity contribution < 1.29 is 9.39 Å². The predicted octanol–water partition coefficient (Wildman–Crippen LogP) is 1.80. The molecule has 0 saturated carbocycles. The summed E-state index contributed by atoms with van der Waals surface area (Å²) in [5.74, 6) is 9.13. The Morgan fingerprint density at radius 1 is 1.30 bits per heavy atom. The van der Waals surface area contributed by atoms with Crippen LogP contribution in [0.4, 0.5) is 17.6 Å². The Kier molecular flexibility index (Phi) is 4.74. The standard InChI is InChI=1S/C21H31N8O/c1-13(2)16-11-19(27-26-16)24-20-14-5-3-6-15(14)23-21(25-20)28-8-7-18(17(28)12-30)29(22)9-4-10-29/h11-13,17-18H,3-10,22H2,1-2H3,(H2,23,24,25,26,27)/q+1/t17?,18-/m1/s1. The van der Waals surface area contributed by atoms with E-state index in [1.165, 1.54) is 0 Å². The molecule has 9 heteroatoms. The van der Waals surface area contributed by atoms with Gasteiger partial charge in [-0.05, 0) is 25.2 Å². The van der Waals surface area contributed by atoms with Crippen molar-refractivity contribution in [2.45, 2.75) is 64.0 Å². The van der Waals surface area contributed by atoms with Gasteiger partial charge in [-0.2, -0.15) is 15.9 Å². The molecule has 5 rings (SSSR count). The molecule has 0 aromatic carbocycles. The summed E-state index contributed by atoms with van der Waals surface area (Å²) in [6.45, 7) is 6.90. The molecule has 1 aliphatic carbocycles. The Morgan fingerprint density at radius 2 is 2.13 bits per heavy atom. The van der Waals surface area contributed by atoms with Crippen molar-refractivity contribution >= 4 is 23.9 Å². The molecule has 1 unspecified atom stereocenters. The maximum atomic E-state index is 12.1. The van der Waals surface area contributed by atoms with Gasteiger partial charge in [0.25, 0.3) is 0 Å². The third kappa shape index (κ3) is 3.16. The summed E-state index contributed by atoms with van der Waals surface area (Å²) in [4.78, 5) is 23.9. The number of aldehydes is 1. The lowest BCUT2D eigenvalue weighted by molar-refractivity contribution is -0.995. The number of nitrogens with two attached hydrogens (primary N) is 1. The van der Waals surface area contributed by atoms with E-state index in [0.29, 0.717) is 16.5 Å². The number of aryl methyl sites for hydroxylation is 1. The van der Waals surface area contributed by atoms with Gasteiger partial charge in [-0.1, -0.05) is 13.8 Å². The number of carbonyl (C=O) groups excluding carboxylic acids is 1. The molecule has 0 radical (unpaired) electrons. The second-order valence-electron chi connectivity index (χ2n) is 9.22. The average Bonchev–Trinajstić information content (AvgIpc) is 3.44. The van der Waals surface area contributed by atoms with Gasteiger partial charge in [0, 0.05) is 36.7 Å². The monoisotopic (exact) mass is 411 g/mol. The van der Waals surface area contributed by atoms with Crippen LogP contribution in [0.2, 0.25) is 0 Å². The Morgan fingerprint density at radius 3 is 2.80 bits per heavy atom. The first-order chi connectivity index (χ1) is 14.5. The number of aromatic nitrogens is 4. The van der Waals surface area contributed by atoms with Crippen molar-refractivity contribution in [3.05, 3.63) is 23.0 Å². The lowest BCUT2D eigenvalue weighted by atomic mass is 10.0. The van der Waals surface area contributed by atoms with Crippen LogP contribution in [-0.2, 0) is 17.6 Å². The van der Waals surface area contributed by atoms with E-state index in [2.05, 4.69) is 34.3 Å². The van der Waals surface area contributed by atoms with Crippen LogP contribution in [0.1, 0.15) is 56.0 Å². The van der Waals surface area contributed by atoms with Crippen molar-refractivity contribution in [1.82, 2.24) is 20.2 Å². The predicted molar refractivity (Wildman–Crippen MR) is 114 cm³/mol. The number of hydrogen-bond donors (Lipinski definition) is 3. The van der Waals surface area contributed by atoms with Gasteiger partial charge in [0.1, 0.15) is 37.3 Å². The quantitative estimate of drug-likeness (QED) is 0.377. The Balaban J connectivity index is 1.46. The van der Waals surface area contributed by atoms with Crippen molar-refractivity contribution in [1.29, 1.82) is 0 Å². The van der Waals surface area contributed by atoms with Crippen molar-refractivity contribution in [2.75, 3.05) is 29.9 Å². The minimum atomic E-state index is -0.277. The molecule has 2 aliphatic heterocycles. The van der Waals surface area contributed by atoms with E-state index in [4.69, 9.17) is 15.8 Å². The first-order valence-corrected chi connectivity index (χ1v) is 11.1. The van der Waals surface area contributed by atoms with Crippen LogP contribution in [-0.4, -0.2) is 62.8 Å². The van der Waals surface area contributed by atoms with Crippen LogP contribution in [0.15, 0.2) is 6.07 Å². The molecule has 2 saturated heterocycles. The summed E-state index contributed by atoms with van der Waals surface area (Å²) in [5.41, 5.74) is 3.32. The topological polar surface area (TPSA) is 113 Å². The Labute approximate surface area is 176 Å². The molecular weight excluding hydrogens is 380 g/mol. The van der Waals surface area contributed by atoms with Gasteiger partial charge in [0.05, 0.1) is 5.69 Å². The minimum absolute atomic E-state index is 0.115. The number of anilines is 3. The van der Waals surface area contributed by atoms with Gasteiger partial charge in [-0.25, -0.2) is 9.58 Å². The number of likely N-dealkylation sites (tertiary alicyclic amines) is 1. The molecule has 30 heavy (non-hydrogen) atoms. The summed E-state index contributed by atoms with van der Waals surface area (Å²) < 4.78 is 0.501. The minimum Gasteiger partial charge on any atom is -0.325 e. The second-order valence-corrected chi connectivity index (χ2v) is 9.22. The van der Waals surface area contributed by atoms with Gasteiger partial charge in [0.2, 0.25) is 5.95 Å². The molecule has 2 aromatic rings. The molecule has 3 aliphatic rings. The summed E-state index contributed by atoms with van der Waals surface area (Å²) in [5, 5.41) is 10.9. The number of aromatic amines is 1. The molecule has 0 spiro atoms. The average molecular weight is 412 g/mol. The van der Waals surface area contributed by atoms with Gasteiger partial charge in [0.15, 0.2) is 5.82 Å². The molecule has 0 amide bonds. The fourth-order valence-electron chi connectivity index (χ4n) is 5.08. The van der Waals surface area contributed by atoms with Crippen LogP contribution in [0.3, 0.4) is 0 Å². The molecule has 2 atom stereocenters. The number of nitrogens with one attached hydrogen (secondary N) is 2. The molecular formula is C21H31N8O+. The summed E-state index contributed by atoms with van der Waals surface area (Å²) in [7, 11) is 0. The molecule has 2 aromatic heterocycles. The molecule has 4 N–H and O–H groups in total. The van der Waals surface area contributed by atoms with Crippen molar-refractivity contribution in [3.8, 4) is 0 Å². The Bertz CT molecular complexity index is 950.